The second-order valence-corrected chi connectivity index (χ2v) is 7.24. The molecule has 0 aliphatic carbocycles. The van der Waals surface area contributed by atoms with Crippen molar-refractivity contribution in [1.82, 2.24) is 0 Å². The summed E-state index contributed by atoms with van der Waals surface area (Å²) in [4.78, 5) is 0. The molecule has 0 unspecified atom stereocenters. The second kappa shape index (κ2) is 7.75. The van der Waals surface area contributed by atoms with Gasteiger partial charge in [-0.2, -0.15) is 18.6 Å². The third kappa shape index (κ3) is 3.50. The van der Waals surface area contributed by atoms with Crippen molar-refractivity contribution < 1.29 is 20.1 Å². The molecule has 0 nitrogen and oxygen atoms in total. The van der Waals surface area contributed by atoms with Crippen LogP contribution in [0.25, 0.3) is 0 Å². The summed E-state index contributed by atoms with van der Waals surface area (Å²) in [6.45, 7) is 6.46. The van der Waals surface area contributed by atoms with Gasteiger partial charge in [0.1, 0.15) is 0 Å². The van der Waals surface area contributed by atoms with E-state index in [2.05, 4.69) is 92.7 Å². The molecular weight excluding hydrogens is 463 g/mol. The van der Waals surface area contributed by atoms with E-state index in [1.807, 2.05) is 0 Å². The van der Waals surface area contributed by atoms with Gasteiger partial charge in [-0.25, -0.2) is 0 Å². The van der Waals surface area contributed by atoms with E-state index in [-0.39, 0.29) is 20.1 Å². The molecule has 3 aromatic rings. The molecule has 22 heavy (non-hydrogen) atoms. The first-order valence-electron chi connectivity index (χ1n) is 7.09. The number of hydrogen-bond acceptors (Lipinski definition) is 0. The summed E-state index contributed by atoms with van der Waals surface area (Å²) in [6.07, 6.45) is 0. The number of rotatable bonds is 3. The van der Waals surface area contributed by atoms with Gasteiger partial charge in [0.15, 0.2) is 0 Å². The zero-order valence-corrected chi connectivity index (χ0v) is 15.8. The van der Waals surface area contributed by atoms with E-state index >= 15 is 0 Å². The van der Waals surface area contributed by atoms with Crippen LogP contribution in [0.1, 0.15) is 11.1 Å². The normalized spacial score (nSPS) is 10.3. The minimum Gasteiger partial charge on any atom is -0.198 e. The van der Waals surface area contributed by atoms with Gasteiger partial charge >= 0.3 is 0 Å². The smallest absolute Gasteiger partial charge is 0 e. The van der Waals surface area contributed by atoms with Crippen LogP contribution in [-0.2, 0) is 20.1 Å². The first-order valence-corrected chi connectivity index (χ1v) is 8.43. The van der Waals surface area contributed by atoms with Crippen molar-refractivity contribution in [2.45, 2.75) is 6.92 Å². The summed E-state index contributed by atoms with van der Waals surface area (Å²) in [5.41, 5.74) is 2.45. The van der Waals surface area contributed by atoms with Crippen LogP contribution in [0.3, 0.4) is 0 Å². The molecule has 0 N–H and O–H groups in total. The Morgan fingerprint density at radius 3 is 1.64 bits per heavy atom. The molecule has 0 aliphatic rings. The molecule has 0 aliphatic heterocycles. The molecule has 1 radical (unpaired) electrons. The molecule has 0 saturated carbocycles. The van der Waals surface area contributed by atoms with Crippen LogP contribution < -0.4 is 15.9 Å². The van der Waals surface area contributed by atoms with Crippen molar-refractivity contribution in [3.8, 4) is 0 Å². The average Bonchev–Trinajstić information content (AvgIpc) is 2.53. The van der Waals surface area contributed by atoms with Crippen molar-refractivity contribution in [1.29, 1.82) is 0 Å². The van der Waals surface area contributed by atoms with Crippen LogP contribution in [0, 0.1) is 13.8 Å². The van der Waals surface area contributed by atoms with E-state index in [1.165, 1.54) is 21.5 Å². The second-order valence-electron chi connectivity index (χ2n) is 5.09. The van der Waals surface area contributed by atoms with E-state index in [1.54, 1.807) is 0 Å². The Bertz CT molecular complexity index is 663. The fourth-order valence-electron chi connectivity index (χ4n) is 2.60. The molecule has 0 atom stereocenters. The van der Waals surface area contributed by atoms with Crippen LogP contribution in [0.4, 0.5) is 0 Å². The van der Waals surface area contributed by atoms with E-state index < -0.39 is 7.92 Å². The Morgan fingerprint density at radius 2 is 1.18 bits per heavy atom. The van der Waals surface area contributed by atoms with Gasteiger partial charge in [-0.05, 0) is 10.6 Å². The maximum atomic E-state index is 4.27. The van der Waals surface area contributed by atoms with Gasteiger partial charge in [-0.1, -0.05) is 87.1 Å². The first-order chi connectivity index (χ1) is 10.3. The largest absolute Gasteiger partial charge is 0.198 e. The van der Waals surface area contributed by atoms with Gasteiger partial charge in [-0.15, -0.1) is 11.4 Å². The van der Waals surface area contributed by atoms with Crippen molar-refractivity contribution in [2.24, 2.45) is 0 Å². The molecule has 0 amide bonds. The Balaban J connectivity index is 0.00000176. The summed E-state index contributed by atoms with van der Waals surface area (Å²) < 4.78 is 0. The monoisotopic (exact) mass is 482 g/mol. The van der Waals surface area contributed by atoms with Crippen molar-refractivity contribution >= 4 is 23.8 Å². The molecule has 0 bridgehead atoms. The summed E-state index contributed by atoms with van der Waals surface area (Å²) in [7, 11) is -0.550. The van der Waals surface area contributed by atoms with Crippen LogP contribution in [0.2, 0.25) is 0 Å². The van der Waals surface area contributed by atoms with Crippen molar-refractivity contribution in [2.75, 3.05) is 0 Å². The maximum absolute atomic E-state index is 4.27. The summed E-state index contributed by atoms with van der Waals surface area (Å²) in [5, 5.41) is 4.13. The molecule has 113 valence electrons. The Labute approximate surface area is 147 Å². The Kier molecular flexibility index (Phi) is 5.98. The first kappa shape index (κ1) is 17.0. The molecule has 0 saturated heterocycles. The molecular formula is C20H18IrP-. The van der Waals surface area contributed by atoms with Crippen LogP contribution in [0.5, 0.6) is 0 Å². The SMILES string of the molecule is [CH2-]c1cccc(C)c1P(c1ccccc1)c1ccccc1.[Ir]. The maximum Gasteiger partial charge on any atom is 0 e. The molecule has 0 fully saturated rings. The fourth-order valence-corrected chi connectivity index (χ4v) is 5.15. The van der Waals surface area contributed by atoms with Gasteiger partial charge in [0.05, 0.1) is 0 Å². The van der Waals surface area contributed by atoms with E-state index in [9.17, 15) is 0 Å². The Morgan fingerprint density at radius 1 is 0.682 bits per heavy atom. The van der Waals surface area contributed by atoms with Crippen molar-refractivity contribution in [3.63, 3.8) is 0 Å². The van der Waals surface area contributed by atoms with E-state index in [4.69, 9.17) is 0 Å². The quantitative estimate of drug-likeness (QED) is 0.393. The molecule has 0 heterocycles. The van der Waals surface area contributed by atoms with Gasteiger partial charge in [-0.3, -0.25) is 0 Å². The number of benzene rings is 3. The summed E-state index contributed by atoms with van der Waals surface area (Å²) in [5.74, 6) is 0. The summed E-state index contributed by atoms with van der Waals surface area (Å²) in [6, 6.07) is 27.9. The van der Waals surface area contributed by atoms with E-state index in [0.29, 0.717) is 0 Å². The molecule has 3 rings (SSSR count). The summed E-state index contributed by atoms with van der Waals surface area (Å²) >= 11 is 0. The zero-order chi connectivity index (χ0) is 14.7. The number of aryl methyl sites for hydroxylation is 1. The van der Waals surface area contributed by atoms with Crippen LogP contribution >= 0.6 is 7.92 Å². The zero-order valence-electron chi connectivity index (χ0n) is 12.5. The number of hydrogen-bond donors (Lipinski definition) is 0. The minimum atomic E-state index is -0.550. The van der Waals surface area contributed by atoms with Crippen LogP contribution in [-0.4, -0.2) is 0 Å². The molecule has 3 aromatic carbocycles. The third-order valence-corrected chi connectivity index (χ3v) is 6.29. The topological polar surface area (TPSA) is 0 Å². The van der Waals surface area contributed by atoms with Gasteiger partial charge < -0.3 is 0 Å². The predicted molar refractivity (Wildman–Crippen MR) is 94.3 cm³/mol. The Hall–Kier alpha value is -1.39. The van der Waals surface area contributed by atoms with Gasteiger partial charge in [0.25, 0.3) is 0 Å². The van der Waals surface area contributed by atoms with Gasteiger partial charge in [0.2, 0.25) is 0 Å². The van der Waals surface area contributed by atoms with Crippen molar-refractivity contribution in [3.05, 3.63) is 96.9 Å². The predicted octanol–water partition coefficient (Wildman–Crippen LogP) is 3.93. The fraction of sp³-hybridized carbons (Fsp3) is 0.0500. The minimum absolute atomic E-state index is 0. The molecule has 2 heteroatoms. The molecule has 0 aromatic heterocycles. The standard InChI is InChI=1S/C20H18P.Ir/c1-16-10-9-11-17(2)20(16)21(18-12-5-3-6-13-18)19-14-7-4-8-15-19;/h3-15H,1H2,2H3;/q-1;. The van der Waals surface area contributed by atoms with Crippen LogP contribution in [0.15, 0.2) is 78.9 Å². The van der Waals surface area contributed by atoms with Gasteiger partial charge in [0, 0.05) is 20.1 Å². The van der Waals surface area contributed by atoms with E-state index in [0.717, 1.165) is 5.56 Å². The molecule has 0 spiro atoms. The third-order valence-electron chi connectivity index (χ3n) is 3.57. The average molecular weight is 482 g/mol.